The van der Waals surface area contributed by atoms with E-state index in [4.69, 9.17) is 38.4 Å². The van der Waals surface area contributed by atoms with Crippen LogP contribution in [0.2, 0.25) is 10.0 Å². The minimum atomic E-state index is -0.567. The molecule has 0 spiro atoms. The van der Waals surface area contributed by atoms with Gasteiger partial charge >= 0.3 is 0 Å². The molecule has 0 fully saturated rings. The molecule has 8 heteroatoms. The van der Waals surface area contributed by atoms with Crippen LogP contribution >= 0.6 is 23.2 Å². The molecule has 1 aromatic carbocycles. The number of benzene rings is 1. The zero-order valence-electron chi connectivity index (χ0n) is 14.8. The number of allylic oxidation sites excluding steroid dienone is 1. The highest BCUT2D eigenvalue weighted by Gasteiger charge is 2.39. The van der Waals surface area contributed by atoms with Crippen molar-refractivity contribution in [1.29, 1.82) is 5.26 Å². The van der Waals surface area contributed by atoms with Crippen molar-refractivity contribution < 1.29 is 9.47 Å². The van der Waals surface area contributed by atoms with Crippen molar-refractivity contribution in [3.8, 4) is 17.7 Å². The summed E-state index contributed by atoms with van der Waals surface area (Å²) in [4.78, 5) is 0. The zero-order chi connectivity index (χ0) is 19.2. The second-order valence-electron chi connectivity index (χ2n) is 7.00. The molecule has 1 aromatic heterocycles. The highest BCUT2D eigenvalue weighted by molar-refractivity contribution is 6.35. The maximum Gasteiger partial charge on any atom is 0.244 e. The molecule has 1 aliphatic heterocycles. The van der Waals surface area contributed by atoms with Gasteiger partial charge in [0.05, 0.1) is 23.6 Å². The van der Waals surface area contributed by atoms with Gasteiger partial charge in [-0.3, -0.25) is 5.10 Å². The maximum absolute atomic E-state index is 9.75. The Labute approximate surface area is 161 Å². The van der Waals surface area contributed by atoms with Crippen molar-refractivity contribution >= 4 is 23.2 Å². The number of aromatic nitrogens is 2. The average Bonchev–Trinajstić information content (AvgIpc) is 2.96. The fourth-order valence-corrected chi connectivity index (χ4v) is 3.72. The first-order chi connectivity index (χ1) is 12.2. The van der Waals surface area contributed by atoms with Gasteiger partial charge in [-0.2, -0.15) is 5.26 Å². The molecule has 0 unspecified atom stereocenters. The number of hydrogen-bond donors (Lipinski definition) is 2. The van der Waals surface area contributed by atoms with Crippen LogP contribution in [0.3, 0.4) is 0 Å². The summed E-state index contributed by atoms with van der Waals surface area (Å²) in [5.41, 5.74) is 8.15. The van der Waals surface area contributed by atoms with Crippen molar-refractivity contribution in [3.63, 3.8) is 0 Å². The highest BCUT2D eigenvalue weighted by atomic mass is 35.5. The van der Waals surface area contributed by atoms with E-state index < -0.39 is 5.92 Å². The Morgan fingerprint density at radius 1 is 1.35 bits per heavy atom. The van der Waals surface area contributed by atoms with Crippen LogP contribution in [-0.4, -0.2) is 17.3 Å². The molecule has 0 aliphatic carbocycles. The first kappa shape index (κ1) is 18.4. The Balaban J connectivity index is 2.37. The van der Waals surface area contributed by atoms with E-state index in [2.05, 4.69) is 16.3 Å². The number of rotatable bonds is 2. The van der Waals surface area contributed by atoms with E-state index in [1.54, 1.807) is 12.1 Å². The summed E-state index contributed by atoms with van der Waals surface area (Å²) in [7, 11) is 1.51. The molecule has 0 saturated heterocycles. The number of nitrogens with two attached hydrogens (primary N) is 1. The first-order valence-electron chi connectivity index (χ1n) is 7.88. The van der Waals surface area contributed by atoms with Gasteiger partial charge in [-0.25, -0.2) is 0 Å². The SMILES string of the molecule is COc1c(Cl)cc(Cl)cc1[C@H]1C(C#N)=C(N)Oc2n[nH]c(C(C)(C)C)c21. The lowest BCUT2D eigenvalue weighted by Gasteiger charge is -2.28. The fourth-order valence-electron chi connectivity index (χ4n) is 3.14. The molecule has 26 heavy (non-hydrogen) atoms. The Morgan fingerprint density at radius 3 is 2.62 bits per heavy atom. The Morgan fingerprint density at radius 2 is 2.04 bits per heavy atom. The first-order valence-corrected chi connectivity index (χ1v) is 8.63. The second kappa shape index (κ2) is 6.42. The number of nitrogens with one attached hydrogen (secondary N) is 1. The van der Waals surface area contributed by atoms with Crippen LogP contribution in [-0.2, 0) is 5.41 Å². The van der Waals surface area contributed by atoms with Gasteiger partial charge < -0.3 is 15.2 Å². The molecular formula is C18H18Cl2N4O2. The third-order valence-electron chi connectivity index (χ3n) is 4.24. The van der Waals surface area contributed by atoms with Gasteiger partial charge in [-0.05, 0) is 12.1 Å². The molecule has 2 aromatic rings. The van der Waals surface area contributed by atoms with Gasteiger partial charge in [-0.15, -0.1) is 5.10 Å². The number of H-pyrrole nitrogens is 1. The molecule has 136 valence electrons. The minimum Gasteiger partial charge on any atom is -0.495 e. The Kier molecular flexibility index (Phi) is 4.55. The highest BCUT2D eigenvalue weighted by Crippen LogP contribution is 2.49. The van der Waals surface area contributed by atoms with Crippen LogP contribution in [0, 0.1) is 11.3 Å². The Bertz CT molecular complexity index is 951. The number of nitriles is 1. The van der Waals surface area contributed by atoms with E-state index in [9.17, 15) is 5.26 Å². The zero-order valence-corrected chi connectivity index (χ0v) is 16.3. The van der Waals surface area contributed by atoms with Crippen molar-refractivity contribution in [2.24, 2.45) is 5.73 Å². The number of aromatic amines is 1. The topological polar surface area (TPSA) is 96.9 Å². The van der Waals surface area contributed by atoms with Crippen LogP contribution in [0.5, 0.6) is 11.6 Å². The standard InChI is InChI=1S/C18H18Cl2N4O2/c1-18(2,3)15-13-12(9-5-8(19)6-11(20)14(9)25-4)10(7-21)16(22)26-17(13)24-23-15/h5-6,12H,22H2,1-4H3,(H,23,24)/t12-/m0/s1. The van der Waals surface area contributed by atoms with E-state index in [-0.39, 0.29) is 16.9 Å². The van der Waals surface area contributed by atoms with Crippen LogP contribution in [0.25, 0.3) is 0 Å². The Hall–Kier alpha value is -2.36. The molecule has 3 N–H and O–H groups in total. The van der Waals surface area contributed by atoms with Crippen LogP contribution in [0.15, 0.2) is 23.6 Å². The number of halogens is 2. The molecule has 0 saturated carbocycles. The smallest absolute Gasteiger partial charge is 0.244 e. The summed E-state index contributed by atoms with van der Waals surface area (Å²) in [6, 6.07) is 5.45. The number of hydrogen-bond acceptors (Lipinski definition) is 5. The summed E-state index contributed by atoms with van der Waals surface area (Å²) in [6.07, 6.45) is 0. The van der Waals surface area contributed by atoms with Gasteiger partial charge in [0, 0.05) is 21.7 Å². The molecule has 3 rings (SSSR count). The normalized spacial score (nSPS) is 16.7. The summed E-state index contributed by atoms with van der Waals surface area (Å²) < 4.78 is 11.1. The molecule has 0 radical (unpaired) electrons. The second-order valence-corrected chi connectivity index (χ2v) is 7.85. The van der Waals surface area contributed by atoms with Gasteiger partial charge in [-0.1, -0.05) is 44.0 Å². The molecule has 6 nitrogen and oxygen atoms in total. The summed E-state index contributed by atoms with van der Waals surface area (Å²) in [5.74, 6) is 0.183. The predicted molar refractivity (Wildman–Crippen MR) is 99.6 cm³/mol. The third kappa shape index (κ3) is 2.87. The van der Waals surface area contributed by atoms with Crippen molar-refractivity contribution in [2.45, 2.75) is 32.1 Å². The number of methoxy groups -OCH3 is 1. The van der Waals surface area contributed by atoms with Crippen LogP contribution < -0.4 is 15.2 Å². The number of nitrogens with zero attached hydrogens (tertiary/aromatic N) is 2. The minimum absolute atomic E-state index is 0.00453. The van der Waals surface area contributed by atoms with E-state index in [0.717, 1.165) is 11.3 Å². The lowest BCUT2D eigenvalue weighted by atomic mass is 9.78. The van der Waals surface area contributed by atoms with Gasteiger partial charge in [0.1, 0.15) is 17.4 Å². The molecule has 0 bridgehead atoms. The molecular weight excluding hydrogens is 375 g/mol. The monoisotopic (exact) mass is 392 g/mol. The maximum atomic E-state index is 9.75. The summed E-state index contributed by atoms with van der Waals surface area (Å²) in [6.45, 7) is 6.11. The summed E-state index contributed by atoms with van der Waals surface area (Å²) >= 11 is 12.5. The van der Waals surface area contributed by atoms with Gasteiger partial charge in [0.15, 0.2) is 0 Å². The van der Waals surface area contributed by atoms with E-state index in [0.29, 0.717) is 27.2 Å². The number of fused-ring (bicyclic) bond motifs is 1. The molecule has 0 amide bonds. The quantitative estimate of drug-likeness (QED) is 0.796. The van der Waals surface area contributed by atoms with Crippen molar-refractivity contribution in [1.82, 2.24) is 10.2 Å². The van der Waals surface area contributed by atoms with E-state index in [1.807, 2.05) is 20.8 Å². The van der Waals surface area contributed by atoms with Crippen molar-refractivity contribution in [3.05, 3.63) is 50.5 Å². The number of ether oxygens (including phenoxy) is 2. The van der Waals surface area contributed by atoms with Crippen LogP contribution in [0.1, 0.15) is 43.5 Å². The largest absolute Gasteiger partial charge is 0.495 e. The lowest BCUT2D eigenvalue weighted by molar-refractivity contribution is 0.374. The van der Waals surface area contributed by atoms with E-state index >= 15 is 0 Å². The average molecular weight is 393 g/mol. The molecule has 1 atom stereocenters. The van der Waals surface area contributed by atoms with Crippen molar-refractivity contribution in [2.75, 3.05) is 7.11 Å². The van der Waals surface area contributed by atoms with E-state index in [1.165, 1.54) is 7.11 Å². The van der Waals surface area contributed by atoms with Gasteiger partial charge in [0.25, 0.3) is 0 Å². The summed E-state index contributed by atoms with van der Waals surface area (Å²) in [5, 5.41) is 17.8. The van der Waals surface area contributed by atoms with Gasteiger partial charge in [0.2, 0.25) is 11.8 Å². The lowest BCUT2D eigenvalue weighted by Crippen LogP contribution is -2.24. The van der Waals surface area contributed by atoms with Crippen LogP contribution in [0.4, 0.5) is 0 Å². The third-order valence-corrected chi connectivity index (χ3v) is 4.74. The predicted octanol–water partition coefficient (Wildman–Crippen LogP) is 4.24. The molecule has 2 heterocycles. The fraction of sp³-hybridized carbons (Fsp3) is 0.333. The molecule has 1 aliphatic rings.